The van der Waals surface area contributed by atoms with Gasteiger partial charge in [0, 0.05) is 17.5 Å². The standard InChI is InChI=1S/C29H31ClN2O7/c1-29(2,3)39-28(37)27(31)19-5-4-6-22(15-19)38-24-16-20(30)9-12-23(24)32(25(34)13-14-26(35)36)17-18-7-10-21(33)11-8-18/h4-12,15-16,27,33H,13-14,17,31H2,1-3H3,(H,35,36). The highest BCUT2D eigenvalue weighted by molar-refractivity contribution is 6.30. The molecule has 39 heavy (non-hydrogen) atoms. The second kappa shape index (κ2) is 12.6. The Bertz CT molecular complexity index is 1340. The van der Waals surface area contributed by atoms with Crippen LogP contribution in [-0.4, -0.2) is 33.7 Å². The van der Waals surface area contributed by atoms with Crippen molar-refractivity contribution in [3.8, 4) is 17.2 Å². The molecule has 0 heterocycles. The van der Waals surface area contributed by atoms with Gasteiger partial charge in [-0.3, -0.25) is 9.59 Å². The zero-order chi connectivity index (χ0) is 28.7. The number of halogens is 1. The van der Waals surface area contributed by atoms with E-state index in [-0.39, 0.29) is 30.9 Å². The van der Waals surface area contributed by atoms with Crippen LogP contribution in [0.4, 0.5) is 5.69 Å². The van der Waals surface area contributed by atoms with Crippen molar-refractivity contribution < 1.29 is 34.1 Å². The van der Waals surface area contributed by atoms with Gasteiger partial charge in [0.1, 0.15) is 23.1 Å². The molecule has 0 aromatic heterocycles. The number of phenols is 1. The summed E-state index contributed by atoms with van der Waals surface area (Å²) < 4.78 is 11.5. The number of carbonyl (C=O) groups excluding carboxylic acids is 2. The number of anilines is 1. The number of aromatic hydroxyl groups is 1. The molecular formula is C29H31ClN2O7. The Morgan fingerprint density at radius 1 is 1.00 bits per heavy atom. The van der Waals surface area contributed by atoms with Crippen LogP contribution < -0.4 is 15.4 Å². The Labute approximate surface area is 231 Å². The van der Waals surface area contributed by atoms with E-state index in [0.29, 0.717) is 27.6 Å². The van der Waals surface area contributed by atoms with Crippen LogP contribution in [0.3, 0.4) is 0 Å². The highest BCUT2D eigenvalue weighted by Gasteiger charge is 2.25. The summed E-state index contributed by atoms with van der Waals surface area (Å²) in [4.78, 5) is 38.2. The molecule has 0 aliphatic carbocycles. The molecule has 10 heteroatoms. The van der Waals surface area contributed by atoms with Crippen LogP contribution in [0.25, 0.3) is 0 Å². The lowest BCUT2D eigenvalue weighted by molar-refractivity contribution is -0.156. The van der Waals surface area contributed by atoms with Crippen LogP contribution in [0.15, 0.2) is 66.7 Å². The molecular weight excluding hydrogens is 524 g/mol. The van der Waals surface area contributed by atoms with Gasteiger partial charge in [-0.15, -0.1) is 0 Å². The molecule has 0 bridgehead atoms. The molecule has 0 saturated heterocycles. The number of ether oxygens (including phenoxy) is 2. The fraction of sp³-hybridized carbons (Fsp3) is 0.276. The van der Waals surface area contributed by atoms with E-state index in [1.165, 1.54) is 23.1 Å². The average molecular weight is 555 g/mol. The van der Waals surface area contributed by atoms with Crippen molar-refractivity contribution in [1.29, 1.82) is 0 Å². The number of carbonyl (C=O) groups is 3. The van der Waals surface area contributed by atoms with E-state index < -0.39 is 29.5 Å². The van der Waals surface area contributed by atoms with Gasteiger partial charge in [-0.25, -0.2) is 4.79 Å². The molecule has 9 nitrogen and oxygen atoms in total. The van der Waals surface area contributed by atoms with Crippen molar-refractivity contribution >= 4 is 35.1 Å². The number of rotatable bonds is 10. The van der Waals surface area contributed by atoms with E-state index >= 15 is 0 Å². The van der Waals surface area contributed by atoms with Gasteiger partial charge in [0.15, 0.2) is 5.75 Å². The number of benzene rings is 3. The monoisotopic (exact) mass is 554 g/mol. The van der Waals surface area contributed by atoms with Crippen molar-refractivity contribution in [2.24, 2.45) is 5.73 Å². The quantitative estimate of drug-likeness (QED) is 0.276. The highest BCUT2D eigenvalue weighted by Crippen LogP contribution is 2.37. The zero-order valence-corrected chi connectivity index (χ0v) is 22.6. The number of hydrogen-bond acceptors (Lipinski definition) is 7. The van der Waals surface area contributed by atoms with Crippen molar-refractivity contribution in [3.63, 3.8) is 0 Å². The van der Waals surface area contributed by atoms with Gasteiger partial charge >= 0.3 is 11.9 Å². The summed E-state index contributed by atoms with van der Waals surface area (Å²) in [7, 11) is 0. The second-order valence-electron chi connectivity index (χ2n) is 9.84. The Kier molecular flexibility index (Phi) is 9.56. The Balaban J connectivity index is 1.95. The molecule has 0 spiro atoms. The first kappa shape index (κ1) is 29.5. The van der Waals surface area contributed by atoms with E-state index in [9.17, 15) is 19.5 Å². The van der Waals surface area contributed by atoms with Crippen LogP contribution >= 0.6 is 11.6 Å². The minimum atomic E-state index is -1.10. The molecule has 0 aliphatic rings. The molecule has 3 aromatic rings. The minimum Gasteiger partial charge on any atom is -0.508 e. The van der Waals surface area contributed by atoms with Crippen LogP contribution in [0, 0.1) is 0 Å². The Morgan fingerprint density at radius 3 is 2.33 bits per heavy atom. The fourth-order valence-electron chi connectivity index (χ4n) is 3.63. The first-order chi connectivity index (χ1) is 18.3. The molecule has 1 unspecified atom stereocenters. The van der Waals surface area contributed by atoms with Gasteiger partial charge in [-0.2, -0.15) is 0 Å². The van der Waals surface area contributed by atoms with E-state index in [4.69, 9.17) is 31.9 Å². The maximum Gasteiger partial charge on any atom is 0.328 e. The van der Waals surface area contributed by atoms with E-state index in [1.54, 1.807) is 69.3 Å². The summed E-state index contributed by atoms with van der Waals surface area (Å²) in [5, 5.41) is 19.1. The lowest BCUT2D eigenvalue weighted by atomic mass is 10.1. The molecule has 4 N–H and O–H groups in total. The molecule has 0 saturated carbocycles. The van der Waals surface area contributed by atoms with Crippen LogP contribution in [0.2, 0.25) is 5.02 Å². The van der Waals surface area contributed by atoms with Crippen LogP contribution in [0.5, 0.6) is 17.2 Å². The van der Waals surface area contributed by atoms with Crippen molar-refractivity contribution in [2.75, 3.05) is 4.90 Å². The van der Waals surface area contributed by atoms with E-state index in [1.807, 2.05) is 0 Å². The van der Waals surface area contributed by atoms with Gasteiger partial charge in [0.25, 0.3) is 0 Å². The van der Waals surface area contributed by atoms with Crippen molar-refractivity contribution in [3.05, 3.63) is 82.9 Å². The number of carboxylic acids is 1. The Hall–Kier alpha value is -4.08. The fourth-order valence-corrected chi connectivity index (χ4v) is 3.80. The largest absolute Gasteiger partial charge is 0.508 e. The number of nitrogens with two attached hydrogens (primary N) is 1. The van der Waals surface area contributed by atoms with E-state index in [2.05, 4.69) is 0 Å². The zero-order valence-electron chi connectivity index (χ0n) is 21.9. The number of amides is 1. The van der Waals surface area contributed by atoms with Crippen LogP contribution in [0.1, 0.15) is 50.8 Å². The highest BCUT2D eigenvalue weighted by atomic mass is 35.5. The number of hydrogen-bond donors (Lipinski definition) is 3. The molecule has 0 aliphatic heterocycles. The first-order valence-electron chi connectivity index (χ1n) is 12.2. The number of esters is 1. The number of aliphatic carboxylic acids is 1. The lowest BCUT2D eigenvalue weighted by Gasteiger charge is -2.26. The third-order valence-corrected chi connectivity index (χ3v) is 5.68. The third kappa shape index (κ3) is 8.73. The molecule has 0 fully saturated rings. The summed E-state index contributed by atoms with van der Waals surface area (Å²) in [6.07, 6.45) is -0.588. The third-order valence-electron chi connectivity index (χ3n) is 5.45. The summed E-state index contributed by atoms with van der Waals surface area (Å²) >= 11 is 6.26. The Morgan fingerprint density at radius 2 is 1.69 bits per heavy atom. The summed E-state index contributed by atoms with van der Waals surface area (Å²) in [6, 6.07) is 16.6. The maximum absolute atomic E-state index is 13.2. The lowest BCUT2D eigenvalue weighted by Crippen LogP contribution is -2.31. The van der Waals surface area contributed by atoms with Gasteiger partial charge in [0.2, 0.25) is 5.91 Å². The molecule has 0 radical (unpaired) electrons. The molecule has 1 atom stereocenters. The molecule has 3 rings (SSSR count). The topological polar surface area (TPSA) is 139 Å². The predicted octanol–water partition coefficient (Wildman–Crippen LogP) is 5.58. The molecule has 206 valence electrons. The summed E-state index contributed by atoms with van der Waals surface area (Å²) in [5.41, 5.74) is 6.94. The maximum atomic E-state index is 13.2. The average Bonchev–Trinajstić information content (AvgIpc) is 2.86. The SMILES string of the molecule is CC(C)(C)OC(=O)C(N)c1cccc(Oc2cc(Cl)ccc2N(Cc2ccc(O)cc2)C(=O)CCC(=O)O)c1. The van der Waals surface area contributed by atoms with Gasteiger partial charge < -0.3 is 30.3 Å². The normalized spacial score (nSPS) is 11.9. The number of phenolic OH excluding ortho intramolecular Hbond substituents is 1. The smallest absolute Gasteiger partial charge is 0.328 e. The summed E-state index contributed by atoms with van der Waals surface area (Å²) in [5.74, 6) is -1.50. The second-order valence-corrected chi connectivity index (χ2v) is 10.3. The number of carboxylic acid groups (broad SMARTS) is 1. The van der Waals surface area contributed by atoms with Gasteiger partial charge in [-0.05, 0) is 68.3 Å². The number of nitrogens with zero attached hydrogens (tertiary/aromatic N) is 1. The first-order valence-corrected chi connectivity index (χ1v) is 12.6. The van der Waals surface area contributed by atoms with E-state index in [0.717, 1.165) is 0 Å². The van der Waals surface area contributed by atoms with Gasteiger partial charge in [-0.1, -0.05) is 35.9 Å². The minimum absolute atomic E-state index is 0.0718. The molecule has 1 amide bonds. The van der Waals surface area contributed by atoms with Crippen molar-refractivity contribution in [1.82, 2.24) is 0 Å². The predicted molar refractivity (Wildman–Crippen MR) is 147 cm³/mol. The van der Waals surface area contributed by atoms with Gasteiger partial charge in [0.05, 0.1) is 18.7 Å². The van der Waals surface area contributed by atoms with Crippen molar-refractivity contribution in [2.45, 2.75) is 51.8 Å². The molecule has 3 aromatic carbocycles. The van der Waals surface area contributed by atoms with Crippen LogP contribution in [-0.2, 0) is 25.7 Å². The summed E-state index contributed by atoms with van der Waals surface area (Å²) in [6.45, 7) is 5.33.